The number of likely N-dealkylation sites (N-methyl/N-ethyl adjacent to an activating group) is 1. The maximum Gasteiger partial charge on any atom is 0.269 e. The number of hydrogen-bond donors (Lipinski definition) is 2. The first kappa shape index (κ1) is 23.7. The molecule has 1 rings (SSSR count). The summed E-state index contributed by atoms with van der Waals surface area (Å²) >= 11 is 1.78. The van der Waals surface area contributed by atoms with Gasteiger partial charge in [0, 0.05) is 31.3 Å². The van der Waals surface area contributed by atoms with E-state index < -0.39 is 4.92 Å². The van der Waals surface area contributed by atoms with Gasteiger partial charge >= 0.3 is 0 Å². The summed E-state index contributed by atoms with van der Waals surface area (Å²) in [4.78, 5) is 28.9. The van der Waals surface area contributed by atoms with Crippen molar-refractivity contribution in [1.82, 2.24) is 15.5 Å². The van der Waals surface area contributed by atoms with Crippen LogP contribution in [0.1, 0.15) is 32.8 Å². The zero-order valence-corrected chi connectivity index (χ0v) is 18.1. The van der Waals surface area contributed by atoms with Gasteiger partial charge in [0.05, 0.1) is 18.0 Å². The highest BCUT2D eigenvalue weighted by Gasteiger charge is 2.17. The van der Waals surface area contributed by atoms with Crippen LogP contribution in [0.25, 0.3) is 0 Å². The van der Waals surface area contributed by atoms with Gasteiger partial charge in [-0.15, -0.1) is 0 Å². The summed E-state index contributed by atoms with van der Waals surface area (Å²) in [6, 6.07) is 6.33. The van der Waals surface area contributed by atoms with Crippen molar-refractivity contribution in [3.63, 3.8) is 0 Å². The maximum absolute atomic E-state index is 12.2. The van der Waals surface area contributed by atoms with Crippen LogP contribution in [-0.4, -0.2) is 59.4 Å². The molecule has 0 aliphatic heterocycles. The van der Waals surface area contributed by atoms with Gasteiger partial charge in [-0.2, -0.15) is 11.8 Å². The lowest BCUT2D eigenvalue weighted by Crippen LogP contribution is -2.49. The molecule has 1 aromatic carbocycles. The summed E-state index contributed by atoms with van der Waals surface area (Å²) in [5, 5.41) is 17.0. The minimum absolute atomic E-state index is 0.0547. The first-order valence-corrected chi connectivity index (χ1v) is 10.5. The maximum atomic E-state index is 12.2. The third-order valence-electron chi connectivity index (χ3n) is 3.62. The van der Waals surface area contributed by atoms with Crippen LogP contribution in [0.3, 0.4) is 0 Å². The van der Waals surface area contributed by atoms with Gasteiger partial charge in [0.2, 0.25) is 5.91 Å². The van der Waals surface area contributed by atoms with E-state index in [1.165, 1.54) is 12.1 Å². The Morgan fingerprint density at radius 3 is 2.46 bits per heavy atom. The molecular weight excluding hydrogens is 378 g/mol. The second-order valence-corrected chi connectivity index (χ2v) is 8.48. The van der Waals surface area contributed by atoms with E-state index in [-0.39, 0.29) is 23.7 Å². The normalized spacial score (nSPS) is 11.8. The second kappa shape index (κ2) is 11.5. The average Bonchev–Trinajstić information content (AvgIpc) is 2.59. The summed E-state index contributed by atoms with van der Waals surface area (Å²) in [7, 11) is 1.82. The highest BCUT2D eigenvalue weighted by molar-refractivity contribution is 7.98. The Morgan fingerprint density at radius 1 is 1.29 bits per heavy atom. The molecule has 0 aromatic heterocycles. The highest BCUT2D eigenvalue weighted by atomic mass is 32.2. The van der Waals surface area contributed by atoms with Gasteiger partial charge < -0.3 is 15.5 Å². The molecule has 0 heterocycles. The van der Waals surface area contributed by atoms with E-state index in [9.17, 15) is 14.9 Å². The third kappa shape index (κ3) is 9.59. The number of amides is 1. The van der Waals surface area contributed by atoms with E-state index in [4.69, 9.17) is 0 Å². The van der Waals surface area contributed by atoms with E-state index in [1.54, 1.807) is 28.8 Å². The summed E-state index contributed by atoms with van der Waals surface area (Å²) in [6.07, 6.45) is 3.05. The third-order valence-corrected chi connectivity index (χ3v) is 4.32. The van der Waals surface area contributed by atoms with E-state index >= 15 is 0 Å². The molecular formula is C19H31N5O3S. The number of nitrogens with zero attached hydrogens (tertiary/aromatic N) is 3. The molecule has 28 heavy (non-hydrogen) atoms. The smallest absolute Gasteiger partial charge is 0.269 e. The molecule has 0 fully saturated rings. The van der Waals surface area contributed by atoms with Crippen molar-refractivity contribution in [2.75, 3.05) is 32.1 Å². The quantitative estimate of drug-likeness (QED) is 0.214. The van der Waals surface area contributed by atoms with Crippen LogP contribution in [0.5, 0.6) is 0 Å². The van der Waals surface area contributed by atoms with Gasteiger partial charge in [0.1, 0.15) is 0 Å². The van der Waals surface area contributed by atoms with Crippen LogP contribution in [0.15, 0.2) is 29.3 Å². The molecule has 0 spiro atoms. The summed E-state index contributed by atoms with van der Waals surface area (Å²) in [5.41, 5.74) is 0.625. The number of nitro groups is 1. The first-order chi connectivity index (χ1) is 13.1. The van der Waals surface area contributed by atoms with E-state index in [0.717, 1.165) is 24.3 Å². The van der Waals surface area contributed by atoms with Crippen LogP contribution in [-0.2, 0) is 11.3 Å². The SMILES string of the molecule is CSCCCNC(=NCc1ccc([N+](=O)[O-])cc1)N(C)CC(=O)NC(C)(C)C. The molecule has 1 aromatic rings. The molecule has 156 valence electrons. The first-order valence-electron chi connectivity index (χ1n) is 9.15. The Morgan fingerprint density at radius 2 is 1.93 bits per heavy atom. The molecule has 0 unspecified atom stereocenters. The lowest BCUT2D eigenvalue weighted by Gasteiger charge is -2.25. The summed E-state index contributed by atoms with van der Waals surface area (Å²) < 4.78 is 0. The Hall–Kier alpha value is -2.29. The van der Waals surface area contributed by atoms with Crippen molar-refractivity contribution in [3.8, 4) is 0 Å². The Bertz CT molecular complexity index is 671. The number of thioether (sulfide) groups is 1. The molecule has 2 N–H and O–H groups in total. The molecule has 0 bridgehead atoms. The van der Waals surface area contributed by atoms with E-state index in [0.29, 0.717) is 12.5 Å². The molecule has 0 radical (unpaired) electrons. The van der Waals surface area contributed by atoms with Crippen molar-refractivity contribution in [3.05, 3.63) is 39.9 Å². The van der Waals surface area contributed by atoms with Crippen molar-refractivity contribution in [1.29, 1.82) is 0 Å². The van der Waals surface area contributed by atoms with Crippen molar-refractivity contribution < 1.29 is 9.72 Å². The molecule has 0 aliphatic carbocycles. The minimum atomic E-state index is -0.423. The van der Waals surface area contributed by atoms with Gasteiger partial charge in [-0.1, -0.05) is 12.1 Å². The number of hydrogen-bond acceptors (Lipinski definition) is 5. The van der Waals surface area contributed by atoms with Gasteiger partial charge in [0.25, 0.3) is 5.69 Å². The Kier molecular flexibility index (Phi) is 9.78. The predicted molar refractivity (Wildman–Crippen MR) is 116 cm³/mol. The number of rotatable bonds is 9. The average molecular weight is 410 g/mol. The van der Waals surface area contributed by atoms with E-state index in [1.807, 2.05) is 27.8 Å². The zero-order chi connectivity index (χ0) is 21.2. The Labute approximate surface area is 171 Å². The van der Waals surface area contributed by atoms with Crippen LogP contribution in [0, 0.1) is 10.1 Å². The van der Waals surface area contributed by atoms with E-state index in [2.05, 4.69) is 21.9 Å². The molecule has 0 saturated heterocycles. The fourth-order valence-corrected chi connectivity index (χ4v) is 2.80. The van der Waals surface area contributed by atoms with Crippen molar-refractivity contribution >= 4 is 29.3 Å². The fourth-order valence-electron chi connectivity index (χ4n) is 2.37. The van der Waals surface area contributed by atoms with Gasteiger partial charge in [-0.05, 0) is 44.8 Å². The topological polar surface area (TPSA) is 99.9 Å². The molecule has 8 nitrogen and oxygen atoms in total. The van der Waals surface area contributed by atoms with Crippen molar-refractivity contribution in [2.45, 2.75) is 39.3 Å². The molecule has 0 atom stereocenters. The largest absolute Gasteiger partial charge is 0.356 e. The summed E-state index contributed by atoms with van der Waals surface area (Å²) in [6.45, 7) is 7.13. The van der Waals surface area contributed by atoms with Crippen LogP contribution < -0.4 is 10.6 Å². The standard InChI is InChI=1S/C19H31N5O3S/c1-19(2,3)22-17(25)14-23(4)18(20-11-6-12-28-5)21-13-15-7-9-16(10-8-15)24(26)27/h7-10H,6,11-14H2,1-5H3,(H,20,21)(H,22,25). The monoisotopic (exact) mass is 409 g/mol. The van der Waals surface area contributed by atoms with Gasteiger partial charge in [-0.3, -0.25) is 14.9 Å². The van der Waals surface area contributed by atoms with Crippen LogP contribution >= 0.6 is 11.8 Å². The van der Waals surface area contributed by atoms with Gasteiger partial charge in [-0.25, -0.2) is 4.99 Å². The molecule has 9 heteroatoms. The number of benzene rings is 1. The lowest BCUT2D eigenvalue weighted by molar-refractivity contribution is -0.384. The lowest BCUT2D eigenvalue weighted by atomic mass is 10.1. The number of non-ortho nitro benzene ring substituents is 1. The summed E-state index contributed by atoms with van der Waals surface area (Å²) in [5.74, 6) is 1.59. The van der Waals surface area contributed by atoms with Crippen LogP contribution in [0.4, 0.5) is 5.69 Å². The molecule has 1 amide bonds. The fraction of sp³-hybridized carbons (Fsp3) is 0.579. The number of carbonyl (C=O) groups is 1. The van der Waals surface area contributed by atoms with Crippen molar-refractivity contribution in [2.24, 2.45) is 4.99 Å². The number of aliphatic imine (C=N–C) groups is 1. The predicted octanol–water partition coefficient (Wildman–Crippen LogP) is 2.64. The zero-order valence-electron chi connectivity index (χ0n) is 17.3. The number of nitro benzene ring substituents is 1. The number of carbonyl (C=O) groups excluding carboxylic acids is 1. The number of guanidine groups is 1. The Balaban J connectivity index is 2.79. The molecule has 0 saturated carbocycles. The number of nitrogens with one attached hydrogen (secondary N) is 2. The van der Waals surface area contributed by atoms with Crippen LogP contribution in [0.2, 0.25) is 0 Å². The molecule has 0 aliphatic rings. The minimum Gasteiger partial charge on any atom is -0.356 e. The second-order valence-electron chi connectivity index (χ2n) is 7.49. The highest BCUT2D eigenvalue weighted by Crippen LogP contribution is 2.12. The van der Waals surface area contributed by atoms with Gasteiger partial charge in [0.15, 0.2) is 5.96 Å².